The van der Waals surface area contributed by atoms with Gasteiger partial charge in [-0.1, -0.05) is 52.3 Å². The molecule has 1 fully saturated rings. The van der Waals surface area contributed by atoms with Crippen molar-refractivity contribution in [3.05, 3.63) is 98.5 Å². The third-order valence-electron chi connectivity index (χ3n) is 5.05. The van der Waals surface area contributed by atoms with Gasteiger partial charge in [0.15, 0.2) is 0 Å². The molecular formula is C21H14BrN3O2. The number of rotatable bonds is 3. The topological polar surface area (TPSA) is 58.5 Å². The molecule has 0 radical (unpaired) electrons. The molecule has 27 heavy (non-hydrogen) atoms. The van der Waals surface area contributed by atoms with Crippen molar-refractivity contribution in [1.82, 2.24) is 0 Å². The van der Waals surface area contributed by atoms with Crippen molar-refractivity contribution in [3.8, 4) is 0 Å². The van der Waals surface area contributed by atoms with Gasteiger partial charge in [-0.05, 0) is 35.4 Å². The summed E-state index contributed by atoms with van der Waals surface area (Å²) in [6, 6.07) is 23.2. The molecule has 6 heteroatoms. The van der Waals surface area contributed by atoms with Crippen molar-refractivity contribution >= 4 is 38.7 Å². The van der Waals surface area contributed by atoms with Crippen LogP contribution in [0.4, 0.5) is 17.1 Å². The Morgan fingerprint density at radius 1 is 0.963 bits per heavy atom. The molecule has 2 heterocycles. The molecule has 3 aromatic rings. The lowest BCUT2D eigenvalue weighted by Crippen LogP contribution is -2.17. The smallest absolute Gasteiger partial charge is 0.269 e. The minimum absolute atomic E-state index is 0.0518. The SMILES string of the molecule is O=[N+]([O-])c1cccc([C@@H]2[C@H]3C(c4ccc(Br)cc4)=Nc4ccccc4N32)c1. The van der Waals surface area contributed by atoms with Crippen LogP contribution >= 0.6 is 15.9 Å². The fraction of sp³-hybridized carbons (Fsp3) is 0.0952. The van der Waals surface area contributed by atoms with Gasteiger partial charge in [0.1, 0.15) is 0 Å². The van der Waals surface area contributed by atoms with Crippen molar-refractivity contribution < 1.29 is 4.92 Å². The number of nitro groups is 1. The van der Waals surface area contributed by atoms with Crippen molar-refractivity contribution in [1.29, 1.82) is 0 Å². The maximum absolute atomic E-state index is 11.2. The van der Waals surface area contributed by atoms with E-state index < -0.39 is 0 Å². The van der Waals surface area contributed by atoms with Crippen LogP contribution in [0.25, 0.3) is 0 Å². The summed E-state index contributed by atoms with van der Waals surface area (Å²) in [5.74, 6) is 0. The van der Waals surface area contributed by atoms with E-state index in [0.29, 0.717) is 0 Å². The van der Waals surface area contributed by atoms with E-state index in [1.54, 1.807) is 12.1 Å². The van der Waals surface area contributed by atoms with Gasteiger partial charge in [0.05, 0.1) is 34.1 Å². The van der Waals surface area contributed by atoms with Crippen molar-refractivity contribution in [2.24, 2.45) is 4.99 Å². The molecule has 2 atom stereocenters. The molecule has 0 aromatic heterocycles. The van der Waals surface area contributed by atoms with Gasteiger partial charge in [0.25, 0.3) is 5.69 Å². The molecule has 3 aromatic carbocycles. The maximum Gasteiger partial charge on any atom is 0.269 e. The summed E-state index contributed by atoms with van der Waals surface area (Å²) in [5.41, 5.74) is 5.12. The van der Waals surface area contributed by atoms with Gasteiger partial charge in [-0.15, -0.1) is 0 Å². The fourth-order valence-electron chi connectivity index (χ4n) is 3.81. The second kappa shape index (κ2) is 6.03. The molecule has 0 saturated carbocycles. The van der Waals surface area contributed by atoms with Crippen LogP contribution in [0.3, 0.4) is 0 Å². The molecule has 1 saturated heterocycles. The maximum atomic E-state index is 11.2. The van der Waals surface area contributed by atoms with Gasteiger partial charge < -0.3 is 4.90 Å². The molecule has 0 N–H and O–H groups in total. The molecule has 2 aliphatic heterocycles. The summed E-state index contributed by atoms with van der Waals surface area (Å²) in [6.07, 6.45) is 0. The molecular weight excluding hydrogens is 406 g/mol. The molecule has 0 spiro atoms. The average Bonchev–Trinajstić information content (AvgIpc) is 3.44. The van der Waals surface area contributed by atoms with E-state index in [9.17, 15) is 10.1 Å². The number of fused-ring (bicyclic) bond motifs is 3. The summed E-state index contributed by atoms with van der Waals surface area (Å²) in [5, 5.41) is 11.2. The van der Waals surface area contributed by atoms with E-state index in [1.165, 1.54) is 6.07 Å². The number of hydrogen-bond donors (Lipinski definition) is 0. The first-order valence-electron chi connectivity index (χ1n) is 8.60. The van der Waals surface area contributed by atoms with E-state index in [2.05, 4.69) is 39.0 Å². The molecule has 0 amide bonds. The van der Waals surface area contributed by atoms with Crippen molar-refractivity contribution in [2.45, 2.75) is 12.1 Å². The predicted octanol–water partition coefficient (Wildman–Crippen LogP) is 5.42. The number of nitrogens with zero attached hydrogens (tertiary/aromatic N) is 3. The quantitative estimate of drug-likeness (QED) is 0.323. The fourth-order valence-corrected chi connectivity index (χ4v) is 4.07. The zero-order valence-electron chi connectivity index (χ0n) is 14.1. The second-order valence-electron chi connectivity index (χ2n) is 6.64. The predicted molar refractivity (Wildman–Crippen MR) is 109 cm³/mol. The molecule has 0 bridgehead atoms. The minimum atomic E-state index is -0.345. The Morgan fingerprint density at radius 2 is 1.74 bits per heavy atom. The molecule has 0 aliphatic carbocycles. The number of halogens is 1. The molecule has 132 valence electrons. The molecule has 0 unspecified atom stereocenters. The Bertz CT molecular complexity index is 1090. The summed E-state index contributed by atoms with van der Waals surface area (Å²) in [6.45, 7) is 0. The van der Waals surface area contributed by atoms with Crippen LogP contribution in [0.2, 0.25) is 0 Å². The highest BCUT2D eigenvalue weighted by Gasteiger charge is 2.54. The highest BCUT2D eigenvalue weighted by atomic mass is 79.9. The number of para-hydroxylation sites is 2. The number of benzene rings is 3. The summed E-state index contributed by atoms with van der Waals surface area (Å²) in [4.78, 5) is 18.1. The van der Waals surface area contributed by atoms with Gasteiger partial charge in [-0.2, -0.15) is 0 Å². The van der Waals surface area contributed by atoms with Crippen LogP contribution < -0.4 is 4.90 Å². The van der Waals surface area contributed by atoms with Crippen LogP contribution in [0.15, 0.2) is 82.3 Å². The van der Waals surface area contributed by atoms with Crippen LogP contribution in [0.5, 0.6) is 0 Å². The van der Waals surface area contributed by atoms with Gasteiger partial charge in [-0.3, -0.25) is 10.1 Å². The first-order chi connectivity index (χ1) is 13.1. The number of nitro benzene ring substituents is 1. The first-order valence-corrected chi connectivity index (χ1v) is 9.39. The largest absolute Gasteiger partial charge is 0.349 e. The van der Waals surface area contributed by atoms with Gasteiger partial charge in [-0.25, -0.2) is 4.99 Å². The summed E-state index contributed by atoms with van der Waals surface area (Å²) >= 11 is 3.48. The number of hydrogen-bond acceptors (Lipinski definition) is 4. The third-order valence-corrected chi connectivity index (χ3v) is 5.58. The highest BCUT2D eigenvalue weighted by Crippen LogP contribution is 2.54. The molecule has 5 nitrogen and oxygen atoms in total. The van der Waals surface area contributed by atoms with Crippen LogP contribution in [-0.4, -0.2) is 16.7 Å². The zero-order valence-corrected chi connectivity index (χ0v) is 15.7. The molecule has 5 rings (SSSR count). The number of non-ortho nitro benzene ring substituents is 1. The Balaban J connectivity index is 1.62. The van der Waals surface area contributed by atoms with E-state index in [-0.39, 0.29) is 22.7 Å². The number of anilines is 1. The van der Waals surface area contributed by atoms with Crippen molar-refractivity contribution in [2.75, 3.05) is 4.90 Å². The van der Waals surface area contributed by atoms with E-state index in [0.717, 1.165) is 32.7 Å². The Morgan fingerprint density at radius 3 is 2.52 bits per heavy atom. The lowest BCUT2D eigenvalue weighted by atomic mass is 10.0. The minimum Gasteiger partial charge on any atom is -0.349 e. The van der Waals surface area contributed by atoms with E-state index >= 15 is 0 Å². The average molecular weight is 420 g/mol. The lowest BCUT2D eigenvalue weighted by Gasteiger charge is -2.16. The van der Waals surface area contributed by atoms with Crippen LogP contribution in [0.1, 0.15) is 17.2 Å². The first kappa shape index (κ1) is 16.2. The Labute approximate surface area is 164 Å². The van der Waals surface area contributed by atoms with Crippen LogP contribution in [-0.2, 0) is 0 Å². The Hall–Kier alpha value is -2.99. The van der Waals surface area contributed by atoms with Gasteiger partial charge in [0.2, 0.25) is 0 Å². The lowest BCUT2D eigenvalue weighted by molar-refractivity contribution is -0.384. The summed E-state index contributed by atoms with van der Waals surface area (Å²) < 4.78 is 1.02. The number of aliphatic imine (C=N–C) groups is 1. The second-order valence-corrected chi connectivity index (χ2v) is 7.56. The van der Waals surface area contributed by atoms with E-state index in [4.69, 9.17) is 4.99 Å². The highest BCUT2D eigenvalue weighted by molar-refractivity contribution is 9.10. The zero-order chi connectivity index (χ0) is 18.5. The van der Waals surface area contributed by atoms with E-state index in [1.807, 2.05) is 36.4 Å². The van der Waals surface area contributed by atoms with Gasteiger partial charge >= 0.3 is 0 Å². The standard InChI is InChI=1S/C21H14BrN3O2/c22-15-10-8-13(9-11-15)19-21-20(14-4-3-5-16(12-14)25(26)27)24(21)18-7-2-1-6-17(18)23-19/h1-12,20-21H/t20-,21-,24?/m1/s1. The van der Waals surface area contributed by atoms with Crippen LogP contribution in [0, 0.1) is 10.1 Å². The monoisotopic (exact) mass is 419 g/mol. The summed E-state index contributed by atoms with van der Waals surface area (Å²) in [7, 11) is 0. The van der Waals surface area contributed by atoms with Gasteiger partial charge in [0, 0.05) is 16.6 Å². The molecule has 2 aliphatic rings. The van der Waals surface area contributed by atoms with Crippen molar-refractivity contribution in [3.63, 3.8) is 0 Å². The third kappa shape index (κ3) is 2.64. The Kier molecular flexibility index (Phi) is 3.62. The normalized spacial score (nSPS) is 19.7.